The van der Waals surface area contributed by atoms with E-state index in [2.05, 4.69) is 0 Å². The zero-order valence-electron chi connectivity index (χ0n) is 15.8. The SMILES string of the molecule is Cc1ccc([C@@H]2c3c(oc4ccccc4c3=O)C(=O)N2[C@@H]2CCS(=O)(=O)C2)cc1. The van der Waals surface area contributed by atoms with Gasteiger partial charge in [-0.1, -0.05) is 42.0 Å². The highest BCUT2D eigenvalue weighted by atomic mass is 32.2. The molecule has 1 amide bonds. The first kappa shape index (κ1) is 18.1. The number of sulfone groups is 1. The maximum Gasteiger partial charge on any atom is 0.291 e. The van der Waals surface area contributed by atoms with Gasteiger partial charge in [0.1, 0.15) is 5.58 Å². The number of fused-ring (bicyclic) bond motifs is 2. The highest BCUT2D eigenvalue weighted by Crippen LogP contribution is 2.41. The second kappa shape index (κ2) is 6.29. The minimum atomic E-state index is -3.21. The molecule has 0 N–H and O–H groups in total. The third-order valence-electron chi connectivity index (χ3n) is 5.81. The summed E-state index contributed by atoms with van der Waals surface area (Å²) in [4.78, 5) is 28.2. The summed E-state index contributed by atoms with van der Waals surface area (Å²) in [6.45, 7) is 1.96. The molecule has 29 heavy (non-hydrogen) atoms. The lowest BCUT2D eigenvalue weighted by Crippen LogP contribution is -2.40. The van der Waals surface area contributed by atoms with Gasteiger partial charge >= 0.3 is 0 Å². The van der Waals surface area contributed by atoms with Crippen molar-refractivity contribution < 1.29 is 17.6 Å². The van der Waals surface area contributed by atoms with E-state index in [0.717, 1.165) is 11.1 Å². The molecule has 148 valence electrons. The van der Waals surface area contributed by atoms with Crippen molar-refractivity contribution in [1.29, 1.82) is 0 Å². The largest absolute Gasteiger partial charge is 0.450 e. The van der Waals surface area contributed by atoms with E-state index in [9.17, 15) is 18.0 Å². The molecule has 0 aliphatic carbocycles. The molecule has 0 bridgehead atoms. The van der Waals surface area contributed by atoms with Crippen LogP contribution < -0.4 is 5.43 Å². The predicted octanol–water partition coefficient (Wildman–Crippen LogP) is 2.83. The number of hydrogen-bond acceptors (Lipinski definition) is 5. The fraction of sp³-hybridized carbons (Fsp3) is 0.273. The van der Waals surface area contributed by atoms with Crippen LogP contribution in [0.5, 0.6) is 0 Å². The molecular formula is C22H19NO5S. The number of carbonyl (C=O) groups excluding carboxylic acids is 1. The first-order valence-corrected chi connectivity index (χ1v) is 11.3. The van der Waals surface area contributed by atoms with Gasteiger partial charge in [0.05, 0.1) is 28.5 Å². The first-order chi connectivity index (χ1) is 13.9. The van der Waals surface area contributed by atoms with Gasteiger partial charge < -0.3 is 9.32 Å². The molecule has 0 spiro atoms. The summed E-state index contributed by atoms with van der Waals surface area (Å²) in [5.41, 5.74) is 2.23. The maximum absolute atomic E-state index is 13.3. The summed E-state index contributed by atoms with van der Waals surface area (Å²) in [7, 11) is -3.21. The van der Waals surface area contributed by atoms with E-state index in [0.29, 0.717) is 23.0 Å². The quantitative estimate of drug-likeness (QED) is 0.650. The summed E-state index contributed by atoms with van der Waals surface area (Å²) in [5, 5.41) is 0.414. The van der Waals surface area contributed by atoms with Crippen molar-refractivity contribution in [2.24, 2.45) is 0 Å². The van der Waals surface area contributed by atoms with Crippen LogP contribution in [0.3, 0.4) is 0 Å². The fourth-order valence-corrected chi connectivity index (χ4v) is 6.10. The number of aryl methyl sites for hydroxylation is 1. The molecule has 1 saturated heterocycles. The van der Waals surface area contributed by atoms with Gasteiger partial charge in [-0.25, -0.2) is 8.42 Å². The molecule has 0 saturated carbocycles. The Morgan fingerprint density at radius 2 is 1.76 bits per heavy atom. The van der Waals surface area contributed by atoms with E-state index in [1.165, 1.54) is 0 Å². The van der Waals surface area contributed by atoms with Crippen LogP contribution in [0.15, 0.2) is 57.7 Å². The van der Waals surface area contributed by atoms with Crippen LogP contribution in [0, 0.1) is 6.92 Å². The number of benzene rings is 2. The van der Waals surface area contributed by atoms with Crippen molar-refractivity contribution in [3.8, 4) is 0 Å². The average Bonchev–Trinajstić information content (AvgIpc) is 3.20. The third kappa shape index (κ3) is 2.80. The first-order valence-electron chi connectivity index (χ1n) is 9.51. The Bertz CT molecular complexity index is 1310. The Balaban J connectivity index is 1.76. The smallest absolute Gasteiger partial charge is 0.291 e. The van der Waals surface area contributed by atoms with Crippen molar-refractivity contribution >= 4 is 26.7 Å². The summed E-state index contributed by atoms with van der Waals surface area (Å²) in [6.07, 6.45) is 0.359. The Morgan fingerprint density at radius 1 is 1.03 bits per heavy atom. The van der Waals surface area contributed by atoms with E-state index in [1.807, 2.05) is 31.2 Å². The van der Waals surface area contributed by atoms with Gasteiger partial charge in [0.2, 0.25) is 5.76 Å². The van der Waals surface area contributed by atoms with E-state index in [4.69, 9.17) is 4.42 Å². The molecular weight excluding hydrogens is 390 g/mol. The van der Waals surface area contributed by atoms with Crippen molar-refractivity contribution in [2.45, 2.75) is 25.4 Å². The zero-order chi connectivity index (χ0) is 20.3. The van der Waals surface area contributed by atoms with Gasteiger partial charge in [-0.05, 0) is 31.0 Å². The van der Waals surface area contributed by atoms with E-state index >= 15 is 0 Å². The standard InChI is InChI=1S/C22H19NO5S/c1-13-6-8-14(9-7-13)19-18-20(24)16-4-2-3-5-17(16)28-21(18)22(25)23(19)15-10-11-29(26,27)12-15/h2-9,15,19H,10-12H2,1H3/t15-,19-/m1/s1. The number of amides is 1. The predicted molar refractivity (Wildman–Crippen MR) is 109 cm³/mol. The van der Waals surface area contributed by atoms with Crippen LogP contribution in [0.4, 0.5) is 0 Å². The van der Waals surface area contributed by atoms with Crippen LogP contribution in [0.2, 0.25) is 0 Å². The van der Waals surface area contributed by atoms with Crippen molar-refractivity contribution in [3.05, 3.63) is 81.2 Å². The number of rotatable bonds is 2. The van der Waals surface area contributed by atoms with Gasteiger partial charge in [-0.15, -0.1) is 0 Å². The molecule has 0 unspecified atom stereocenters. The number of hydrogen-bond donors (Lipinski definition) is 0. The zero-order valence-corrected chi connectivity index (χ0v) is 16.6. The highest BCUT2D eigenvalue weighted by Gasteiger charge is 2.48. The Hall–Kier alpha value is -2.93. The molecule has 1 aromatic heterocycles. The summed E-state index contributed by atoms with van der Waals surface area (Å²) >= 11 is 0. The van der Waals surface area contributed by atoms with Crippen LogP contribution in [-0.2, 0) is 9.84 Å². The lowest BCUT2D eigenvalue weighted by atomic mass is 9.97. The highest BCUT2D eigenvalue weighted by molar-refractivity contribution is 7.91. The third-order valence-corrected chi connectivity index (χ3v) is 7.56. The Kier molecular flexibility index (Phi) is 3.93. The number of para-hydroxylation sites is 1. The fourth-order valence-electron chi connectivity index (χ4n) is 4.38. The van der Waals surface area contributed by atoms with Gasteiger partial charge in [0.15, 0.2) is 15.3 Å². The summed E-state index contributed by atoms with van der Waals surface area (Å²) in [5.74, 6) is -0.455. The van der Waals surface area contributed by atoms with Gasteiger partial charge in [0, 0.05) is 6.04 Å². The van der Waals surface area contributed by atoms with Gasteiger partial charge in [-0.2, -0.15) is 0 Å². The van der Waals surface area contributed by atoms with E-state index in [-0.39, 0.29) is 22.7 Å². The Morgan fingerprint density at radius 3 is 2.45 bits per heavy atom. The molecule has 7 heteroatoms. The van der Waals surface area contributed by atoms with Crippen LogP contribution in [0.1, 0.15) is 39.7 Å². The van der Waals surface area contributed by atoms with E-state index < -0.39 is 27.8 Å². The molecule has 5 rings (SSSR count). The normalized spacial score (nSPS) is 22.9. The number of carbonyl (C=O) groups is 1. The minimum Gasteiger partial charge on any atom is -0.450 e. The molecule has 2 aromatic carbocycles. The maximum atomic E-state index is 13.3. The summed E-state index contributed by atoms with van der Waals surface area (Å²) < 4.78 is 30.1. The monoisotopic (exact) mass is 409 g/mol. The molecule has 6 nitrogen and oxygen atoms in total. The van der Waals surface area contributed by atoms with Crippen molar-refractivity contribution in [3.63, 3.8) is 0 Å². The summed E-state index contributed by atoms with van der Waals surface area (Å²) in [6, 6.07) is 13.3. The average molecular weight is 409 g/mol. The lowest BCUT2D eigenvalue weighted by Gasteiger charge is -2.30. The second-order valence-electron chi connectivity index (χ2n) is 7.75. The van der Waals surface area contributed by atoms with Crippen LogP contribution in [-0.4, -0.2) is 36.8 Å². The molecule has 2 aliphatic rings. The van der Waals surface area contributed by atoms with Crippen molar-refractivity contribution in [2.75, 3.05) is 11.5 Å². The van der Waals surface area contributed by atoms with E-state index in [1.54, 1.807) is 29.2 Å². The van der Waals surface area contributed by atoms with Crippen LogP contribution in [0.25, 0.3) is 11.0 Å². The Labute approximate surface area is 167 Å². The second-order valence-corrected chi connectivity index (χ2v) is 9.98. The molecule has 3 aromatic rings. The topological polar surface area (TPSA) is 84.7 Å². The molecule has 2 aliphatic heterocycles. The molecule has 0 radical (unpaired) electrons. The molecule has 2 atom stereocenters. The minimum absolute atomic E-state index is 0.0172. The molecule has 3 heterocycles. The van der Waals surface area contributed by atoms with Crippen LogP contribution >= 0.6 is 0 Å². The lowest BCUT2D eigenvalue weighted by molar-refractivity contribution is 0.0662. The van der Waals surface area contributed by atoms with Gasteiger partial charge in [-0.3, -0.25) is 9.59 Å². The number of nitrogens with zero attached hydrogens (tertiary/aromatic N) is 1. The van der Waals surface area contributed by atoms with Crippen molar-refractivity contribution in [1.82, 2.24) is 4.90 Å². The molecule has 1 fully saturated rings. The van der Waals surface area contributed by atoms with Gasteiger partial charge in [0.25, 0.3) is 5.91 Å².